The number of morpholine rings is 1. The van der Waals surface area contributed by atoms with Gasteiger partial charge in [-0.3, -0.25) is 4.79 Å². The summed E-state index contributed by atoms with van der Waals surface area (Å²) in [5.74, 6) is 0.574. The summed E-state index contributed by atoms with van der Waals surface area (Å²) < 4.78 is 29.5. The van der Waals surface area contributed by atoms with Crippen LogP contribution in [0.5, 0.6) is 11.5 Å². The van der Waals surface area contributed by atoms with Gasteiger partial charge in [0.1, 0.15) is 5.82 Å². The van der Waals surface area contributed by atoms with E-state index in [0.29, 0.717) is 43.2 Å². The minimum absolute atomic E-state index is 0.117. The van der Waals surface area contributed by atoms with Gasteiger partial charge in [-0.05, 0) is 29.8 Å². The van der Waals surface area contributed by atoms with Crippen molar-refractivity contribution in [3.05, 3.63) is 59.4 Å². The van der Waals surface area contributed by atoms with Gasteiger partial charge in [0.25, 0.3) is 5.91 Å². The van der Waals surface area contributed by atoms with Crippen molar-refractivity contribution in [1.82, 2.24) is 4.90 Å². The van der Waals surface area contributed by atoms with E-state index in [-0.39, 0.29) is 17.8 Å². The van der Waals surface area contributed by atoms with Crippen LogP contribution in [-0.4, -0.2) is 50.8 Å². The molecule has 5 nitrogen and oxygen atoms in total. The number of halogens is 1. The number of hydrogen-bond donors (Lipinski definition) is 0. The van der Waals surface area contributed by atoms with E-state index in [9.17, 15) is 9.18 Å². The second-order valence-electron chi connectivity index (χ2n) is 6.12. The van der Waals surface area contributed by atoms with Crippen LogP contribution in [0.25, 0.3) is 0 Å². The molecule has 0 radical (unpaired) electrons. The zero-order valence-corrected chi connectivity index (χ0v) is 14.9. The first-order valence-corrected chi connectivity index (χ1v) is 8.48. The van der Waals surface area contributed by atoms with Gasteiger partial charge in [0.15, 0.2) is 11.5 Å². The fourth-order valence-electron chi connectivity index (χ4n) is 3.14. The molecule has 1 heterocycles. The van der Waals surface area contributed by atoms with Gasteiger partial charge in [-0.2, -0.15) is 0 Å². The Hall–Kier alpha value is -2.60. The summed E-state index contributed by atoms with van der Waals surface area (Å²) in [6.45, 7) is 1.44. The summed E-state index contributed by atoms with van der Waals surface area (Å²) in [5.41, 5.74) is 1.44. The topological polar surface area (TPSA) is 48.0 Å². The highest BCUT2D eigenvalue weighted by atomic mass is 19.1. The molecule has 0 saturated carbocycles. The highest BCUT2D eigenvalue weighted by Crippen LogP contribution is 2.31. The highest BCUT2D eigenvalue weighted by Gasteiger charge is 2.27. The number of carbonyl (C=O) groups is 1. The van der Waals surface area contributed by atoms with Crippen LogP contribution >= 0.6 is 0 Å². The first-order chi connectivity index (χ1) is 12.6. The van der Waals surface area contributed by atoms with Crippen LogP contribution in [0.2, 0.25) is 0 Å². The SMILES string of the molecule is COc1cccc(C(=O)N2CCO[C@@H](Cc3ccc(F)cc3)C2)c1OC. The summed E-state index contributed by atoms with van der Waals surface area (Å²) >= 11 is 0. The van der Waals surface area contributed by atoms with Gasteiger partial charge in [-0.25, -0.2) is 4.39 Å². The molecule has 0 N–H and O–H groups in total. The Morgan fingerprint density at radius 1 is 1.19 bits per heavy atom. The van der Waals surface area contributed by atoms with Crippen molar-refractivity contribution >= 4 is 5.91 Å². The van der Waals surface area contributed by atoms with Crippen LogP contribution in [0.4, 0.5) is 4.39 Å². The van der Waals surface area contributed by atoms with Gasteiger partial charge in [-0.1, -0.05) is 18.2 Å². The fourth-order valence-corrected chi connectivity index (χ4v) is 3.14. The Morgan fingerprint density at radius 2 is 1.96 bits per heavy atom. The molecule has 6 heteroatoms. The molecule has 0 aromatic heterocycles. The number of amides is 1. The highest BCUT2D eigenvalue weighted by molar-refractivity contribution is 5.98. The zero-order valence-electron chi connectivity index (χ0n) is 14.9. The molecule has 0 spiro atoms. The minimum atomic E-state index is -0.264. The summed E-state index contributed by atoms with van der Waals surface area (Å²) in [6, 6.07) is 11.6. The second-order valence-corrected chi connectivity index (χ2v) is 6.12. The van der Waals surface area contributed by atoms with Crippen LogP contribution in [0.3, 0.4) is 0 Å². The number of nitrogens with zero attached hydrogens (tertiary/aromatic N) is 1. The van der Waals surface area contributed by atoms with Crippen LogP contribution in [0.15, 0.2) is 42.5 Å². The van der Waals surface area contributed by atoms with Crippen molar-refractivity contribution in [3.8, 4) is 11.5 Å². The molecule has 1 fully saturated rings. The normalized spacial score (nSPS) is 17.0. The molecular formula is C20H22FNO4. The van der Waals surface area contributed by atoms with Crippen LogP contribution < -0.4 is 9.47 Å². The summed E-state index contributed by atoms with van der Waals surface area (Å²) in [4.78, 5) is 14.7. The Bertz CT molecular complexity index is 763. The van der Waals surface area contributed by atoms with Crippen molar-refractivity contribution in [2.24, 2.45) is 0 Å². The van der Waals surface area contributed by atoms with Crippen LogP contribution in [0, 0.1) is 5.82 Å². The molecule has 1 atom stereocenters. The smallest absolute Gasteiger partial charge is 0.257 e. The number of para-hydroxylation sites is 1. The fraction of sp³-hybridized carbons (Fsp3) is 0.350. The van der Waals surface area contributed by atoms with E-state index in [1.807, 2.05) is 0 Å². The molecule has 138 valence electrons. The van der Waals surface area contributed by atoms with E-state index < -0.39 is 0 Å². The predicted octanol–water partition coefficient (Wildman–Crippen LogP) is 2.93. The lowest BCUT2D eigenvalue weighted by Gasteiger charge is -2.33. The molecule has 0 bridgehead atoms. The zero-order chi connectivity index (χ0) is 18.5. The summed E-state index contributed by atoms with van der Waals surface area (Å²) in [6.07, 6.45) is 0.494. The third-order valence-electron chi connectivity index (χ3n) is 4.44. The summed E-state index contributed by atoms with van der Waals surface area (Å²) in [5, 5.41) is 0. The molecule has 0 unspecified atom stereocenters. The average Bonchev–Trinajstić information content (AvgIpc) is 2.68. The predicted molar refractivity (Wildman–Crippen MR) is 95.3 cm³/mol. The quantitative estimate of drug-likeness (QED) is 0.824. The Kier molecular flexibility index (Phi) is 5.73. The number of rotatable bonds is 5. The molecule has 3 rings (SSSR count). The van der Waals surface area contributed by atoms with Gasteiger partial charge >= 0.3 is 0 Å². The molecule has 1 amide bonds. The van der Waals surface area contributed by atoms with Gasteiger partial charge in [0, 0.05) is 19.5 Å². The largest absolute Gasteiger partial charge is 0.493 e. The third kappa shape index (κ3) is 3.96. The van der Waals surface area contributed by atoms with Crippen LogP contribution in [-0.2, 0) is 11.2 Å². The molecule has 2 aromatic carbocycles. The Morgan fingerprint density at radius 3 is 2.65 bits per heavy atom. The number of benzene rings is 2. The Labute approximate surface area is 152 Å². The van der Waals surface area contributed by atoms with Gasteiger partial charge in [0.2, 0.25) is 0 Å². The Balaban J connectivity index is 1.73. The molecule has 2 aromatic rings. The molecule has 0 aliphatic carbocycles. The van der Waals surface area contributed by atoms with Crippen molar-refractivity contribution in [3.63, 3.8) is 0 Å². The minimum Gasteiger partial charge on any atom is -0.493 e. The van der Waals surface area contributed by atoms with Crippen molar-refractivity contribution in [1.29, 1.82) is 0 Å². The number of hydrogen-bond acceptors (Lipinski definition) is 4. The second kappa shape index (κ2) is 8.19. The van der Waals surface area contributed by atoms with Crippen molar-refractivity contribution in [2.75, 3.05) is 33.9 Å². The summed E-state index contributed by atoms with van der Waals surface area (Å²) in [7, 11) is 3.06. The number of ether oxygens (including phenoxy) is 3. The third-order valence-corrected chi connectivity index (χ3v) is 4.44. The van der Waals surface area contributed by atoms with E-state index >= 15 is 0 Å². The number of carbonyl (C=O) groups excluding carboxylic acids is 1. The van der Waals surface area contributed by atoms with Crippen molar-refractivity contribution < 1.29 is 23.4 Å². The molecule has 1 aliphatic rings. The van der Waals surface area contributed by atoms with E-state index in [1.54, 1.807) is 42.3 Å². The average molecular weight is 359 g/mol. The van der Waals surface area contributed by atoms with E-state index in [4.69, 9.17) is 14.2 Å². The monoisotopic (exact) mass is 359 g/mol. The van der Waals surface area contributed by atoms with Crippen LogP contribution in [0.1, 0.15) is 15.9 Å². The molecule has 1 saturated heterocycles. The first-order valence-electron chi connectivity index (χ1n) is 8.48. The maximum atomic E-state index is 13.0. The maximum Gasteiger partial charge on any atom is 0.257 e. The van der Waals surface area contributed by atoms with Gasteiger partial charge in [0.05, 0.1) is 32.5 Å². The lowest BCUT2D eigenvalue weighted by atomic mass is 10.1. The standard InChI is InChI=1S/C20H22FNO4/c1-24-18-5-3-4-17(19(18)25-2)20(23)22-10-11-26-16(13-22)12-14-6-8-15(21)9-7-14/h3-9,16H,10-13H2,1-2H3/t16-/m0/s1. The van der Waals surface area contributed by atoms with Gasteiger partial charge < -0.3 is 19.1 Å². The maximum absolute atomic E-state index is 13.0. The van der Waals surface area contributed by atoms with Crippen molar-refractivity contribution in [2.45, 2.75) is 12.5 Å². The van der Waals surface area contributed by atoms with Gasteiger partial charge in [-0.15, -0.1) is 0 Å². The number of methoxy groups -OCH3 is 2. The molecule has 1 aliphatic heterocycles. The van der Waals surface area contributed by atoms with E-state index in [2.05, 4.69) is 0 Å². The lowest BCUT2D eigenvalue weighted by Crippen LogP contribution is -2.46. The molecule has 26 heavy (non-hydrogen) atoms. The first kappa shape index (κ1) is 18.2. The van der Waals surface area contributed by atoms with E-state index in [0.717, 1.165) is 5.56 Å². The lowest BCUT2D eigenvalue weighted by molar-refractivity contribution is -0.0209. The van der Waals surface area contributed by atoms with E-state index in [1.165, 1.54) is 19.2 Å². The molecular weight excluding hydrogens is 337 g/mol.